The number of para-hydroxylation sites is 1. The molecule has 1 N–H and O–H groups in total. The van der Waals surface area contributed by atoms with E-state index in [-0.39, 0.29) is 17.1 Å². The number of carbonyl (C=O) groups excluding carboxylic acids is 1. The Morgan fingerprint density at radius 3 is 2.47 bits per heavy atom. The fourth-order valence-corrected chi connectivity index (χ4v) is 1.73. The van der Waals surface area contributed by atoms with Gasteiger partial charge in [0.2, 0.25) is 0 Å². The van der Waals surface area contributed by atoms with Crippen LogP contribution in [0.2, 0.25) is 5.02 Å². The van der Waals surface area contributed by atoms with Gasteiger partial charge in [0.05, 0.1) is 12.1 Å². The third-order valence-electron chi connectivity index (χ3n) is 2.43. The molecular formula is C14H11ClO4. The lowest BCUT2D eigenvalue weighted by molar-refractivity contribution is 0.0598. The number of phenolic OH excluding ortho intramolecular Hbond substituents is 1. The molecule has 0 saturated heterocycles. The van der Waals surface area contributed by atoms with Gasteiger partial charge in [0.15, 0.2) is 5.75 Å². The minimum Gasteiger partial charge on any atom is -0.508 e. The summed E-state index contributed by atoms with van der Waals surface area (Å²) in [5, 5.41) is 9.50. The van der Waals surface area contributed by atoms with Crippen molar-refractivity contribution in [2.75, 3.05) is 7.11 Å². The molecule has 2 rings (SSSR count). The average molecular weight is 279 g/mol. The van der Waals surface area contributed by atoms with Gasteiger partial charge in [-0.3, -0.25) is 0 Å². The summed E-state index contributed by atoms with van der Waals surface area (Å²) >= 11 is 6.03. The van der Waals surface area contributed by atoms with E-state index in [0.29, 0.717) is 10.8 Å². The fraction of sp³-hybridized carbons (Fsp3) is 0.0714. The lowest BCUT2D eigenvalue weighted by atomic mass is 10.2. The molecule has 0 radical (unpaired) electrons. The Hall–Kier alpha value is -2.20. The Bertz CT molecular complexity index is 593. The monoisotopic (exact) mass is 278 g/mol. The molecular weight excluding hydrogens is 268 g/mol. The first-order valence-corrected chi connectivity index (χ1v) is 5.83. The summed E-state index contributed by atoms with van der Waals surface area (Å²) in [7, 11) is 1.29. The first-order chi connectivity index (χ1) is 9.11. The summed E-state index contributed by atoms with van der Waals surface area (Å²) in [5.74, 6) is 0.272. The number of halogens is 1. The smallest absolute Gasteiger partial charge is 0.341 e. The van der Waals surface area contributed by atoms with Crippen LogP contribution in [0.15, 0.2) is 42.5 Å². The second-order valence-corrected chi connectivity index (χ2v) is 4.11. The number of rotatable bonds is 3. The van der Waals surface area contributed by atoms with Crippen LogP contribution in [0.4, 0.5) is 0 Å². The SMILES string of the molecule is COC(=O)c1cccc(Cl)c1Oc1ccc(O)cc1. The second-order valence-electron chi connectivity index (χ2n) is 3.70. The Morgan fingerprint density at radius 1 is 1.16 bits per heavy atom. The van der Waals surface area contributed by atoms with Crippen molar-refractivity contribution in [3.63, 3.8) is 0 Å². The van der Waals surface area contributed by atoms with Crippen LogP contribution in [0.25, 0.3) is 0 Å². The van der Waals surface area contributed by atoms with Gasteiger partial charge in [-0.25, -0.2) is 4.79 Å². The maximum Gasteiger partial charge on any atom is 0.341 e. The molecule has 2 aromatic rings. The third-order valence-corrected chi connectivity index (χ3v) is 2.73. The largest absolute Gasteiger partial charge is 0.508 e. The van der Waals surface area contributed by atoms with E-state index in [1.54, 1.807) is 30.3 Å². The molecule has 0 aliphatic heterocycles. The first-order valence-electron chi connectivity index (χ1n) is 5.45. The van der Waals surface area contributed by atoms with E-state index < -0.39 is 5.97 Å². The van der Waals surface area contributed by atoms with Gasteiger partial charge < -0.3 is 14.6 Å². The van der Waals surface area contributed by atoms with Crippen molar-refractivity contribution in [3.8, 4) is 17.2 Å². The zero-order chi connectivity index (χ0) is 13.8. The lowest BCUT2D eigenvalue weighted by Crippen LogP contribution is -2.03. The molecule has 0 spiro atoms. The highest BCUT2D eigenvalue weighted by atomic mass is 35.5. The van der Waals surface area contributed by atoms with Gasteiger partial charge >= 0.3 is 5.97 Å². The Labute approximate surface area is 115 Å². The molecule has 5 heteroatoms. The summed E-state index contributed by atoms with van der Waals surface area (Å²) in [6, 6.07) is 10.9. The molecule has 0 aromatic heterocycles. The summed E-state index contributed by atoms with van der Waals surface area (Å²) < 4.78 is 10.2. The molecule has 0 atom stereocenters. The normalized spacial score (nSPS) is 10.0. The van der Waals surface area contributed by atoms with Crippen molar-refractivity contribution in [3.05, 3.63) is 53.1 Å². The van der Waals surface area contributed by atoms with Crippen LogP contribution in [0.5, 0.6) is 17.2 Å². The molecule has 98 valence electrons. The topological polar surface area (TPSA) is 55.8 Å². The van der Waals surface area contributed by atoms with Crippen LogP contribution in [0.3, 0.4) is 0 Å². The van der Waals surface area contributed by atoms with Crippen molar-refractivity contribution >= 4 is 17.6 Å². The average Bonchev–Trinajstić information content (AvgIpc) is 2.42. The summed E-state index contributed by atoms with van der Waals surface area (Å²) in [6.45, 7) is 0. The molecule has 0 amide bonds. The molecule has 0 heterocycles. The lowest BCUT2D eigenvalue weighted by Gasteiger charge is -2.11. The van der Waals surface area contributed by atoms with E-state index in [0.717, 1.165) is 0 Å². The Kier molecular flexibility index (Phi) is 3.92. The number of carbonyl (C=O) groups is 1. The van der Waals surface area contributed by atoms with Crippen LogP contribution in [0.1, 0.15) is 10.4 Å². The van der Waals surface area contributed by atoms with Gasteiger partial charge in [0.1, 0.15) is 17.1 Å². The third kappa shape index (κ3) is 2.98. The predicted molar refractivity (Wildman–Crippen MR) is 71.0 cm³/mol. The van der Waals surface area contributed by atoms with Gasteiger partial charge in [-0.15, -0.1) is 0 Å². The molecule has 0 saturated carbocycles. The summed E-state index contributed by atoms with van der Waals surface area (Å²) in [4.78, 5) is 11.6. The van der Waals surface area contributed by atoms with E-state index in [1.165, 1.54) is 19.2 Å². The number of hydrogen-bond acceptors (Lipinski definition) is 4. The summed E-state index contributed by atoms with van der Waals surface area (Å²) in [5.41, 5.74) is 0.239. The minimum atomic E-state index is -0.531. The van der Waals surface area contributed by atoms with Crippen LogP contribution in [-0.2, 0) is 4.74 Å². The molecule has 4 nitrogen and oxygen atoms in total. The van der Waals surface area contributed by atoms with Crippen molar-refractivity contribution in [1.29, 1.82) is 0 Å². The number of hydrogen-bond donors (Lipinski definition) is 1. The van der Waals surface area contributed by atoms with Crippen LogP contribution in [-0.4, -0.2) is 18.2 Å². The molecule has 19 heavy (non-hydrogen) atoms. The molecule has 0 aliphatic rings. The number of esters is 1. The van der Waals surface area contributed by atoms with Gasteiger partial charge in [-0.05, 0) is 36.4 Å². The van der Waals surface area contributed by atoms with E-state index >= 15 is 0 Å². The van der Waals surface area contributed by atoms with Crippen molar-refractivity contribution in [1.82, 2.24) is 0 Å². The van der Waals surface area contributed by atoms with E-state index in [9.17, 15) is 9.90 Å². The molecule has 0 bridgehead atoms. The Balaban J connectivity index is 2.38. The van der Waals surface area contributed by atoms with Gasteiger partial charge in [-0.1, -0.05) is 17.7 Å². The zero-order valence-electron chi connectivity index (χ0n) is 10.1. The van der Waals surface area contributed by atoms with Crippen molar-refractivity contribution in [2.45, 2.75) is 0 Å². The van der Waals surface area contributed by atoms with Gasteiger partial charge in [-0.2, -0.15) is 0 Å². The van der Waals surface area contributed by atoms with Crippen molar-refractivity contribution < 1.29 is 19.4 Å². The van der Waals surface area contributed by atoms with E-state index in [4.69, 9.17) is 16.3 Å². The molecule has 0 aliphatic carbocycles. The maximum absolute atomic E-state index is 11.6. The highest BCUT2D eigenvalue weighted by Crippen LogP contribution is 2.33. The predicted octanol–water partition coefficient (Wildman–Crippen LogP) is 3.62. The highest BCUT2D eigenvalue weighted by Gasteiger charge is 2.16. The van der Waals surface area contributed by atoms with Gasteiger partial charge in [0, 0.05) is 0 Å². The number of benzene rings is 2. The van der Waals surface area contributed by atoms with Crippen LogP contribution in [0, 0.1) is 0 Å². The standard InChI is InChI=1S/C14H11ClO4/c1-18-14(17)11-3-2-4-12(15)13(11)19-10-7-5-9(16)6-8-10/h2-8,16H,1H3. The molecule has 0 unspecified atom stereocenters. The quantitative estimate of drug-likeness (QED) is 0.871. The number of ether oxygens (including phenoxy) is 2. The van der Waals surface area contributed by atoms with Crippen LogP contribution < -0.4 is 4.74 Å². The highest BCUT2D eigenvalue weighted by molar-refractivity contribution is 6.32. The second kappa shape index (κ2) is 5.63. The van der Waals surface area contributed by atoms with Crippen molar-refractivity contribution in [2.24, 2.45) is 0 Å². The summed E-state index contributed by atoms with van der Waals surface area (Å²) in [6.07, 6.45) is 0. The number of methoxy groups -OCH3 is 1. The van der Waals surface area contributed by atoms with Gasteiger partial charge in [0.25, 0.3) is 0 Å². The maximum atomic E-state index is 11.6. The first kappa shape index (κ1) is 13.2. The molecule has 2 aromatic carbocycles. The van der Waals surface area contributed by atoms with E-state index in [2.05, 4.69) is 4.74 Å². The zero-order valence-corrected chi connectivity index (χ0v) is 10.8. The fourth-order valence-electron chi connectivity index (χ4n) is 1.52. The van der Waals surface area contributed by atoms with E-state index in [1.807, 2.05) is 0 Å². The Morgan fingerprint density at radius 2 is 1.84 bits per heavy atom. The minimum absolute atomic E-state index is 0.125. The molecule has 0 fully saturated rings. The number of aromatic hydroxyl groups is 1. The number of phenols is 1. The van der Waals surface area contributed by atoms with Crippen LogP contribution >= 0.6 is 11.6 Å².